The molecule has 0 N–H and O–H groups in total. The number of non-ortho nitro benzene ring substituents is 1. The van der Waals surface area contributed by atoms with Crippen LogP contribution < -0.4 is 4.74 Å². The number of nitro benzene ring substituents is 1. The van der Waals surface area contributed by atoms with Crippen LogP contribution in [-0.4, -0.2) is 22.3 Å². The molecule has 0 radical (unpaired) electrons. The Labute approximate surface area is 132 Å². The van der Waals surface area contributed by atoms with E-state index in [-0.39, 0.29) is 5.69 Å². The molecule has 2 aromatic rings. The topological polar surface area (TPSA) is 64.7 Å². The molecule has 2 aromatic carbocycles. The maximum Gasteiger partial charge on any atom is 0.269 e. The van der Waals surface area contributed by atoms with Gasteiger partial charge in [0.05, 0.1) is 9.97 Å². The first kappa shape index (κ1) is 14.6. The van der Waals surface area contributed by atoms with Gasteiger partial charge in [0.15, 0.2) is 0 Å². The minimum atomic E-state index is -0.409. The standard InChI is InChI=1S/C16H14N2O3S/c19-18(20)14-6-4-12(5-7-14)11-21-15-3-1-2-13(10-15)16-17-8-9-22-16/h1-7,10H,8-9,11H2. The van der Waals surface area contributed by atoms with Crippen molar-refractivity contribution in [2.45, 2.75) is 6.61 Å². The number of thioether (sulfide) groups is 1. The molecule has 0 spiro atoms. The molecule has 0 aromatic heterocycles. The number of benzene rings is 2. The van der Waals surface area contributed by atoms with Crippen molar-refractivity contribution in [3.8, 4) is 5.75 Å². The number of aliphatic imine (C=N–C) groups is 1. The molecule has 0 bridgehead atoms. The SMILES string of the molecule is O=[N+]([O-])c1ccc(COc2cccc(C3=NCCS3)c2)cc1. The summed E-state index contributed by atoms with van der Waals surface area (Å²) in [7, 11) is 0. The van der Waals surface area contributed by atoms with E-state index in [9.17, 15) is 10.1 Å². The summed E-state index contributed by atoms with van der Waals surface area (Å²) in [6.45, 7) is 1.24. The first-order valence-electron chi connectivity index (χ1n) is 6.86. The van der Waals surface area contributed by atoms with Crippen LogP contribution >= 0.6 is 11.8 Å². The van der Waals surface area contributed by atoms with Crippen molar-refractivity contribution in [1.29, 1.82) is 0 Å². The van der Waals surface area contributed by atoms with Crippen molar-refractivity contribution in [2.75, 3.05) is 12.3 Å². The van der Waals surface area contributed by atoms with Gasteiger partial charge < -0.3 is 4.74 Å². The van der Waals surface area contributed by atoms with Crippen molar-refractivity contribution in [3.63, 3.8) is 0 Å². The van der Waals surface area contributed by atoms with E-state index in [0.29, 0.717) is 6.61 Å². The molecule has 1 heterocycles. The summed E-state index contributed by atoms with van der Waals surface area (Å²) in [6, 6.07) is 14.2. The van der Waals surface area contributed by atoms with E-state index in [4.69, 9.17) is 4.74 Å². The van der Waals surface area contributed by atoms with E-state index in [1.54, 1.807) is 23.9 Å². The van der Waals surface area contributed by atoms with Gasteiger partial charge in [-0.05, 0) is 29.8 Å². The van der Waals surface area contributed by atoms with E-state index in [2.05, 4.69) is 4.99 Å². The first-order chi connectivity index (χ1) is 10.7. The smallest absolute Gasteiger partial charge is 0.269 e. The maximum atomic E-state index is 10.6. The van der Waals surface area contributed by atoms with Gasteiger partial charge in [0.25, 0.3) is 5.69 Å². The Morgan fingerprint density at radius 3 is 2.73 bits per heavy atom. The lowest BCUT2D eigenvalue weighted by molar-refractivity contribution is -0.384. The van der Waals surface area contributed by atoms with Gasteiger partial charge in [0, 0.05) is 30.0 Å². The number of nitrogens with zero attached hydrogens (tertiary/aromatic N) is 2. The van der Waals surface area contributed by atoms with Gasteiger partial charge in [-0.3, -0.25) is 15.1 Å². The lowest BCUT2D eigenvalue weighted by atomic mass is 10.2. The van der Waals surface area contributed by atoms with Gasteiger partial charge in [-0.2, -0.15) is 0 Å². The Balaban J connectivity index is 1.66. The molecule has 22 heavy (non-hydrogen) atoms. The highest BCUT2D eigenvalue weighted by atomic mass is 32.2. The molecule has 0 fully saturated rings. The fourth-order valence-electron chi connectivity index (χ4n) is 2.11. The highest BCUT2D eigenvalue weighted by molar-refractivity contribution is 8.14. The van der Waals surface area contributed by atoms with Gasteiger partial charge in [-0.1, -0.05) is 12.1 Å². The van der Waals surface area contributed by atoms with Crippen molar-refractivity contribution in [3.05, 3.63) is 69.8 Å². The Kier molecular flexibility index (Phi) is 4.39. The quantitative estimate of drug-likeness (QED) is 0.624. The van der Waals surface area contributed by atoms with Gasteiger partial charge in [0.1, 0.15) is 12.4 Å². The number of ether oxygens (including phenoxy) is 1. The average molecular weight is 314 g/mol. The lowest BCUT2D eigenvalue weighted by Crippen LogP contribution is -1.98. The van der Waals surface area contributed by atoms with Gasteiger partial charge >= 0.3 is 0 Å². The second-order valence-electron chi connectivity index (χ2n) is 4.78. The number of hydrogen-bond acceptors (Lipinski definition) is 5. The Bertz CT molecular complexity index is 714. The average Bonchev–Trinajstić information content (AvgIpc) is 3.08. The van der Waals surface area contributed by atoms with Crippen molar-refractivity contribution in [2.24, 2.45) is 4.99 Å². The molecule has 1 aliphatic rings. The molecule has 6 heteroatoms. The third-order valence-corrected chi connectivity index (χ3v) is 4.24. The minimum Gasteiger partial charge on any atom is -0.489 e. The largest absolute Gasteiger partial charge is 0.489 e. The van der Waals surface area contributed by atoms with E-state index in [0.717, 1.165) is 34.2 Å². The van der Waals surface area contributed by atoms with E-state index in [1.807, 2.05) is 24.3 Å². The van der Waals surface area contributed by atoms with Crippen LogP contribution in [0.3, 0.4) is 0 Å². The van der Waals surface area contributed by atoms with Gasteiger partial charge in [-0.15, -0.1) is 11.8 Å². The third-order valence-electron chi connectivity index (χ3n) is 3.22. The van der Waals surface area contributed by atoms with Crippen LogP contribution in [0.2, 0.25) is 0 Å². The Hall–Kier alpha value is -2.34. The minimum absolute atomic E-state index is 0.0852. The summed E-state index contributed by atoms with van der Waals surface area (Å²) in [4.78, 5) is 14.7. The van der Waals surface area contributed by atoms with Crippen LogP contribution in [0.1, 0.15) is 11.1 Å². The second kappa shape index (κ2) is 6.62. The Morgan fingerprint density at radius 2 is 2.05 bits per heavy atom. The zero-order valence-corrected chi connectivity index (χ0v) is 12.6. The van der Waals surface area contributed by atoms with Crippen LogP contribution in [0.25, 0.3) is 0 Å². The number of hydrogen-bond donors (Lipinski definition) is 0. The second-order valence-corrected chi connectivity index (χ2v) is 5.86. The van der Waals surface area contributed by atoms with E-state index in [1.165, 1.54) is 12.1 Å². The summed E-state index contributed by atoms with van der Waals surface area (Å²) >= 11 is 1.75. The molecule has 1 aliphatic heterocycles. The molecule has 0 aliphatic carbocycles. The lowest BCUT2D eigenvalue weighted by Gasteiger charge is -2.08. The number of rotatable bonds is 5. The summed E-state index contributed by atoms with van der Waals surface area (Å²) < 4.78 is 5.76. The van der Waals surface area contributed by atoms with Crippen LogP contribution in [-0.2, 0) is 6.61 Å². The molecule has 0 amide bonds. The van der Waals surface area contributed by atoms with Crippen LogP contribution in [0.5, 0.6) is 5.75 Å². The highest BCUT2D eigenvalue weighted by Crippen LogP contribution is 2.23. The molecular weight excluding hydrogens is 300 g/mol. The zero-order chi connectivity index (χ0) is 15.4. The molecule has 112 valence electrons. The van der Waals surface area contributed by atoms with Crippen molar-refractivity contribution >= 4 is 22.5 Å². The van der Waals surface area contributed by atoms with Gasteiger partial charge in [-0.25, -0.2) is 0 Å². The van der Waals surface area contributed by atoms with Crippen molar-refractivity contribution in [1.82, 2.24) is 0 Å². The molecule has 5 nitrogen and oxygen atoms in total. The van der Waals surface area contributed by atoms with Gasteiger partial charge in [0.2, 0.25) is 0 Å². The molecule has 0 saturated heterocycles. The fraction of sp³-hybridized carbons (Fsp3) is 0.188. The predicted octanol–water partition coefficient (Wildman–Crippen LogP) is 3.67. The first-order valence-corrected chi connectivity index (χ1v) is 7.85. The van der Waals surface area contributed by atoms with Crippen LogP contribution in [0.15, 0.2) is 53.5 Å². The molecular formula is C16H14N2O3S. The molecule has 0 unspecified atom stereocenters. The summed E-state index contributed by atoms with van der Waals surface area (Å²) in [5.41, 5.74) is 2.05. The fourth-order valence-corrected chi connectivity index (χ4v) is 2.96. The van der Waals surface area contributed by atoms with Crippen LogP contribution in [0, 0.1) is 10.1 Å². The highest BCUT2D eigenvalue weighted by Gasteiger charge is 2.10. The third kappa shape index (κ3) is 3.46. The molecule has 3 rings (SSSR count). The van der Waals surface area contributed by atoms with E-state index < -0.39 is 4.92 Å². The summed E-state index contributed by atoms with van der Waals surface area (Å²) in [5.74, 6) is 1.80. The monoisotopic (exact) mass is 314 g/mol. The predicted molar refractivity (Wildman–Crippen MR) is 87.7 cm³/mol. The van der Waals surface area contributed by atoms with E-state index >= 15 is 0 Å². The van der Waals surface area contributed by atoms with Crippen LogP contribution in [0.4, 0.5) is 5.69 Å². The molecule has 0 atom stereocenters. The normalized spacial score (nSPS) is 13.7. The molecule has 0 saturated carbocycles. The Morgan fingerprint density at radius 1 is 1.23 bits per heavy atom. The number of nitro groups is 1. The maximum absolute atomic E-state index is 10.6. The zero-order valence-electron chi connectivity index (χ0n) is 11.8. The summed E-state index contributed by atoms with van der Waals surface area (Å²) in [5, 5.41) is 11.7. The summed E-state index contributed by atoms with van der Waals surface area (Å²) in [6.07, 6.45) is 0. The van der Waals surface area contributed by atoms with Crippen molar-refractivity contribution < 1.29 is 9.66 Å².